The molecular formula is C12H16Cl2N2O4S. The van der Waals surface area contributed by atoms with Gasteiger partial charge in [0.15, 0.2) is 0 Å². The molecule has 6 nitrogen and oxygen atoms in total. The van der Waals surface area contributed by atoms with E-state index in [1.165, 1.54) is 18.1 Å². The number of rotatable bonds is 6. The van der Waals surface area contributed by atoms with Crippen molar-refractivity contribution < 1.29 is 17.9 Å². The lowest BCUT2D eigenvalue weighted by molar-refractivity contribution is 0.0706. The summed E-state index contributed by atoms with van der Waals surface area (Å²) in [6.07, 6.45) is 0. The minimum Gasteiger partial charge on any atom is -0.383 e. The van der Waals surface area contributed by atoms with Crippen LogP contribution in [0, 0.1) is 0 Å². The molecule has 0 aromatic heterocycles. The van der Waals surface area contributed by atoms with Crippen molar-refractivity contribution in [1.82, 2.24) is 4.90 Å². The van der Waals surface area contributed by atoms with E-state index in [1.54, 1.807) is 6.92 Å². The first-order valence-corrected chi connectivity index (χ1v) is 8.32. The minimum absolute atomic E-state index is 0.0306. The van der Waals surface area contributed by atoms with Crippen molar-refractivity contribution in [1.29, 1.82) is 0 Å². The Balaban J connectivity index is 3.26. The molecule has 0 fully saturated rings. The van der Waals surface area contributed by atoms with Crippen molar-refractivity contribution in [2.45, 2.75) is 11.8 Å². The number of benzene rings is 1. The van der Waals surface area contributed by atoms with Crippen LogP contribution < -0.4 is 5.14 Å². The number of nitrogens with two attached hydrogens (primary N) is 1. The van der Waals surface area contributed by atoms with Gasteiger partial charge in [-0.1, -0.05) is 23.2 Å². The minimum atomic E-state index is -4.04. The molecule has 1 aromatic rings. The standard InChI is InChI=1S/C12H16Cl2N2O4S/c1-3-16(4-5-20-2)12(17)8-6-11(21(15,18)19)10(14)7-9(8)13/h6-7H,3-5H2,1-2H3,(H2,15,18,19). The maximum absolute atomic E-state index is 12.4. The molecule has 0 saturated heterocycles. The lowest BCUT2D eigenvalue weighted by Crippen LogP contribution is -2.34. The molecule has 1 amide bonds. The second kappa shape index (κ2) is 7.42. The van der Waals surface area contributed by atoms with Gasteiger partial charge in [-0.3, -0.25) is 4.79 Å². The maximum atomic E-state index is 12.4. The Morgan fingerprint density at radius 2 is 1.95 bits per heavy atom. The zero-order valence-corrected chi connectivity index (χ0v) is 13.9. The van der Waals surface area contributed by atoms with Crippen molar-refractivity contribution >= 4 is 39.1 Å². The van der Waals surface area contributed by atoms with Crippen LogP contribution in [0.15, 0.2) is 17.0 Å². The van der Waals surface area contributed by atoms with Gasteiger partial charge in [-0.05, 0) is 19.1 Å². The average molecular weight is 355 g/mol. The van der Waals surface area contributed by atoms with Gasteiger partial charge in [0, 0.05) is 20.2 Å². The fraction of sp³-hybridized carbons (Fsp3) is 0.417. The van der Waals surface area contributed by atoms with Gasteiger partial charge < -0.3 is 9.64 Å². The van der Waals surface area contributed by atoms with Crippen LogP contribution in [0.1, 0.15) is 17.3 Å². The molecule has 1 rings (SSSR count). The number of likely N-dealkylation sites (N-methyl/N-ethyl adjacent to an activating group) is 1. The molecule has 0 aliphatic carbocycles. The summed E-state index contributed by atoms with van der Waals surface area (Å²) < 4.78 is 27.8. The van der Waals surface area contributed by atoms with E-state index >= 15 is 0 Å². The first kappa shape index (κ1) is 18.2. The van der Waals surface area contributed by atoms with Crippen LogP contribution in [0.4, 0.5) is 0 Å². The predicted octanol–water partition coefficient (Wildman–Crippen LogP) is 1.75. The van der Waals surface area contributed by atoms with Gasteiger partial charge in [0.2, 0.25) is 10.0 Å². The highest BCUT2D eigenvalue weighted by molar-refractivity contribution is 7.89. The molecule has 0 bridgehead atoms. The van der Waals surface area contributed by atoms with Gasteiger partial charge in [-0.2, -0.15) is 0 Å². The third kappa shape index (κ3) is 4.55. The molecule has 0 aliphatic heterocycles. The number of carbonyl (C=O) groups is 1. The van der Waals surface area contributed by atoms with E-state index in [1.807, 2.05) is 0 Å². The predicted molar refractivity (Wildman–Crippen MR) is 81.3 cm³/mol. The molecule has 0 heterocycles. The monoisotopic (exact) mass is 354 g/mol. The van der Waals surface area contributed by atoms with E-state index in [0.29, 0.717) is 19.7 Å². The van der Waals surface area contributed by atoms with Crippen LogP contribution in [0.5, 0.6) is 0 Å². The second-order valence-corrected chi connectivity index (χ2v) is 6.53. The van der Waals surface area contributed by atoms with Crippen LogP contribution in [0.25, 0.3) is 0 Å². The number of hydrogen-bond donors (Lipinski definition) is 1. The number of ether oxygens (including phenoxy) is 1. The van der Waals surface area contributed by atoms with Crippen molar-refractivity contribution in [3.63, 3.8) is 0 Å². The average Bonchev–Trinajstić information content (AvgIpc) is 2.37. The van der Waals surface area contributed by atoms with Crippen LogP contribution in [-0.2, 0) is 14.8 Å². The van der Waals surface area contributed by atoms with E-state index < -0.39 is 15.9 Å². The molecule has 0 radical (unpaired) electrons. The Kier molecular flexibility index (Phi) is 6.42. The van der Waals surface area contributed by atoms with Gasteiger partial charge in [0.05, 0.1) is 22.2 Å². The van der Waals surface area contributed by atoms with Crippen LogP contribution >= 0.6 is 23.2 Å². The topological polar surface area (TPSA) is 89.7 Å². The fourth-order valence-corrected chi connectivity index (χ4v) is 3.09. The molecule has 0 unspecified atom stereocenters. The second-order valence-electron chi connectivity index (χ2n) is 4.19. The number of halogens is 2. The Labute approximate surface area is 133 Å². The van der Waals surface area contributed by atoms with E-state index in [0.717, 1.165) is 6.07 Å². The number of carbonyl (C=O) groups excluding carboxylic acids is 1. The number of nitrogens with zero attached hydrogens (tertiary/aromatic N) is 1. The summed E-state index contributed by atoms with van der Waals surface area (Å²) in [5, 5.41) is 5.00. The summed E-state index contributed by atoms with van der Waals surface area (Å²) in [7, 11) is -2.52. The number of primary sulfonamides is 1. The van der Waals surface area contributed by atoms with E-state index in [2.05, 4.69) is 0 Å². The quantitative estimate of drug-likeness (QED) is 0.842. The molecule has 0 spiro atoms. The Bertz CT molecular complexity index is 634. The third-order valence-electron chi connectivity index (χ3n) is 2.79. The highest BCUT2D eigenvalue weighted by Crippen LogP contribution is 2.28. The van der Waals surface area contributed by atoms with Crippen LogP contribution in [-0.4, -0.2) is 46.0 Å². The highest BCUT2D eigenvalue weighted by Gasteiger charge is 2.22. The molecule has 0 saturated carbocycles. The van der Waals surface area contributed by atoms with Gasteiger partial charge in [0.25, 0.3) is 5.91 Å². The van der Waals surface area contributed by atoms with E-state index in [9.17, 15) is 13.2 Å². The normalized spacial score (nSPS) is 11.5. The Hall–Kier alpha value is -0.860. The summed E-state index contributed by atoms with van der Waals surface area (Å²) in [6.45, 7) is 2.92. The first-order valence-electron chi connectivity index (χ1n) is 6.02. The lowest BCUT2D eigenvalue weighted by Gasteiger charge is -2.21. The van der Waals surface area contributed by atoms with Crippen LogP contribution in [0.2, 0.25) is 10.0 Å². The molecule has 118 valence electrons. The summed E-state index contributed by atoms with van der Waals surface area (Å²) in [6, 6.07) is 2.29. The smallest absolute Gasteiger partial charge is 0.255 e. The number of amides is 1. The third-order valence-corrected chi connectivity index (χ3v) is 4.48. The molecular weight excluding hydrogens is 339 g/mol. The summed E-state index contributed by atoms with van der Waals surface area (Å²) in [5.74, 6) is -0.416. The zero-order chi connectivity index (χ0) is 16.2. The van der Waals surface area contributed by atoms with E-state index in [-0.39, 0.29) is 20.5 Å². The number of sulfonamides is 1. The number of methoxy groups -OCH3 is 1. The van der Waals surface area contributed by atoms with Gasteiger partial charge in [-0.25, -0.2) is 13.6 Å². The summed E-state index contributed by atoms with van der Waals surface area (Å²) in [4.78, 5) is 13.5. The molecule has 1 aromatic carbocycles. The van der Waals surface area contributed by atoms with Crippen molar-refractivity contribution in [3.8, 4) is 0 Å². The molecule has 2 N–H and O–H groups in total. The highest BCUT2D eigenvalue weighted by atomic mass is 35.5. The Morgan fingerprint density at radius 1 is 1.33 bits per heavy atom. The fourth-order valence-electron chi connectivity index (χ4n) is 1.69. The number of hydrogen-bond acceptors (Lipinski definition) is 4. The summed E-state index contributed by atoms with van der Waals surface area (Å²) in [5.41, 5.74) is 0.0306. The SMILES string of the molecule is CCN(CCOC)C(=O)c1cc(S(N)(=O)=O)c(Cl)cc1Cl. The molecule has 0 atom stereocenters. The van der Waals surface area contributed by atoms with Crippen molar-refractivity contribution in [3.05, 3.63) is 27.7 Å². The largest absolute Gasteiger partial charge is 0.383 e. The van der Waals surface area contributed by atoms with Gasteiger partial charge in [-0.15, -0.1) is 0 Å². The first-order chi connectivity index (χ1) is 9.72. The van der Waals surface area contributed by atoms with Crippen molar-refractivity contribution in [2.24, 2.45) is 5.14 Å². The van der Waals surface area contributed by atoms with Gasteiger partial charge >= 0.3 is 0 Å². The molecule has 0 aliphatic rings. The van der Waals surface area contributed by atoms with Crippen molar-refractivity contribution in [2.75, 3.05) is 26.8 Å². The lowest BCUT2D eigenvalue weighted by atomic mass is 10.2. The van der Waals surface area contributed by atoms with Gasteiger partial charge in [0.1, 0.15) is 4.90 Å². The Morgan fingerprint density at radius 3 is 2.43 bits per heavy atom. The molecule has 21 heavy (non-hydrogen) atoms. The molecule has 9 heteroatoms. The zero-order valence-electron chi connectivity index (χ0n) is 11.6. The maximum Gasteiger partial charge on any atom is 0.255 e. The van der Waals surface area contributed by atoms with Crippen LogP contribution in [0.3, 0.4) is 0 Å². The summed E-state index contributed by atoms with van der Waals surface area (Å²) >= 11 is 11.8. The van der Waals surface area contributed by atoms with E-state index in [4.69, 9.17) is 33.1 Å².